The molecule has 2 aromatic heterocycles. The highest BCUT2D eigenvalue weighted by atomic mass is 35.5. The van der Waals surface area contributed by atoms with Crippen LogP contribution in [0.15, 0.2) is 18.3 Å². The van der Waals surface area contributed by atoms with E-state index in [4.69, 9.17) is 22.1 Å². The van der Waals surface area contributed by atoms with E-state index >= 15 is 0 Å². The molecule has 1 amide bonds. The van der Waals surface area contributed by atoms with Gasteiger partial charge < -0.3 is 10.5 Å². The van der Waals surface area contributed by atoms with Gasteiger partial charge in [0.05, 0.1) is 7.11 Å². The van der Waals surface area contributed by atoms with Gasteiger partial charge >= 0.3 is 0 Å². The molecule has 0 saturated heterocycles. The molecule has 9 heteroatoms. The molecule has 2 heterocycles. The lowest BCUT2D eigenvalue weighted by molar-refractivity contribution is -0.116. The fraction of sp³-hybridized carbons (Fsp3) is 0.200. The molecular formula is C10H11ClN6O2. The summed E-state index contributed by atoms with van der Waals surface area (Å²) >= 11 is 5.76. The molecule has 8 nitrogen and oxygen atoms in total. The van der Waals surface area contributed by atoms with Gasteiger partial charge in [-0.1, -0.05) is 11.6 Å². The standard InChI is InChI=1S/C10H11ClN6O2/c1-19-9-4-6(11)13-10(15-9)14-8(18)5-17-3-2-7(12)16-17/h2-4H,5H2,1H3,(H2,12,16)(H,13,14,15,18). The van der Waals surface area contributed by atoms with Gasteiger partial charge in [0.1, 0.15) is 17.5 Å². The number of methoxy groups -OCH3 is 1. The van der Waals surface area contributed by atoms with Crippen molar-refractivity contribution in [2.75, 3.05) is 18.2 Å². The number of rotatable bonds is 4. The maximum absolute atomic E-state index is 11.7. The predicted octanol–water partition coefficient (Wildman–Crippen LogP) is 0.556. The molecule has 0 unspecified atom stereocenters. The monoisotopic (exact) mass is 282 g/mol. The fourth-order valence-corrected chi connectivity index (χ4v) is 1.51. The molecule has 0 fully saturated rings. The summed E-state index contributed by atoms with van der Waals surface area (Å²) in [7, 11) is 1.44. The van der Waals surface area contributed by atoms with Gasteiger partial charge in [0.2, 0.25) is 17.7 Å². The van der Waals surface area contributed by atoms with Crippen LogP contribution in [0, 0.1) is 0 Å². The van der Waals surface area contributed by atoms with Crippen LogP contribution in [0.2, 0.25) is 5.15 Å². The molecule has 19 heavy (non-hydrogen) atoms. The average molecular weight is 283 g/mol. The first kappa shape index (κ1) is 13.1. The van der Waals surface area contributed by atoms with Gasteiger partial charge in [-0.3, -0.25) is 14.8 Å². The second-order valence-corrected chi connectivity index (χ2v) is 3.93. The lowest BCUT2D eigenvalue weighted by Crippen LogP contribution is -2.20. The zero-order valence-electron chi connectivity index (χ0n) is 10.00. The number of hydrogen-bond acceptors (Lipinski definition) is 6. The number of aromatic nitrogens is 4. The topological polar surface area (TPSA) is 108 Å². The van der Waals surface area contributed by atoms with Gasteiger partial charge in [-0.2, -0.15) is 10.1 Å². The van der Waals surface area contributed by atoms with Gasteiger partial charge in [-0.25, -0.2) is 4.98 Å². The molecule has 0 aliphatic heterocycles. The highest BCUT2D eigenvalue weighted by Crippen LogP contribution is 2.15. The Morgan fingerprint density at radius 1 is 1.58 bits per heavy atom. The molecule has 2 rings (SSSR count). The molecule has 0 atom stereocenters. The third kappa shape index (κ3) is 3.55. The quantitative estimate of drug-likeness (QED) is 0.793. The van der Waals surface area contributed by atoms with Gasteiger partial charge in [0, 0.05) is 12.3 Å². The minimum atomic E-state index is -0.354. The summed E-state index contributed by atoms with van der Waals surface area (Å²) in [6.45, 7) is -0.00457. The second kappa shape index (κ2) is 5.53. The summed E-state index contributed by atoms with van der Waals surface area (Å²) in [4.78, 5) is 19.5. The summed E-state index contributed by atoms with van der Waals surface area (Å²) < 4.78 is 6.31. The van der Waals surface area contributed by atoms with Crippen molar-refractivity contribution in [1.82, 2.24) is 19.7 Å². The van der Waals surface area contributed by atoms with Crippen LogP contribution in [0.5, 0.6) is 5.88 Å². The molecule has 0 aliphatic rings. The number of ether oxygens (including phenoxy) is 1. The van der Waals surface area contributed by atoms with Crippen LogP contribution < -0.4 is 15.8 Å². The molecule has 0 saturated carbocycles. The van der Waals surface area contributed by atoms with Gasteiger partial charge in [-0.05, 0) is 6.07 Å². The molecule has 0 radical (unpaired) electrons. The number of carbonyl (C=O) groups excluding carboxylic acids is 1. The third-order valence-corrected chi connectivity index (χ3v) is 2.29. The van der Waals surface area contributed by atoms with E-state index in [0.717, 1.165) is 0 Å². The lowest BCUT2D eigenvalue weighted by Gasteiger charge is -2.05. The average Bonchev–Trinajstić information content (AvgIpc) is 2.73. The van der Waals surface area contributed by atoms with E-state index in [1.54, 1.807) is 12.3 Å². The van der Waals surface area contributed by atoms with Crippen molar-refractivity contribution in [3.05, 3.63) is 23.5 Å². The second-order valence-electron chi connectivity index (χ2n) is 3.54. The third-order valence-electron chi connectivity index (χ3n) is 2.10. The zero-order chi connectivity index (χ0) is 13.8. The fourth-order valence-electron chi connectivity index (χ4n) is 1.33. The number of amides is 1. The van der Waals surface area contributed by atoms with Crippen LogP contribution in [-0.2, 0) is 11.3 Å². The molecule has 100 valence electrons. The molecule has 0 aliphatic carbocycles. The van der Waals surface area contributed by atoms with E-state index < -0.39 is 0 Å². The first-order valence-electron chi connectivity index (χ1n) is 5.24. The van der Waals surface area contributed by atoms with Crippen LogP contribution in [0.1, 0.15) is 0 Å². The van der Waals surface area contributed by atoms with E-state index in [-0.39, 0.29) is 29.4 Å². The minimum Gasteiger partial charge on any atom is -0.481 e. The highest BCUT2D eigenvalue weighted by Gasteiger charge is 2.09. The Morgan fingerprint density at radius 3 is 3.00 bits per heavy atom. The van der Waals surface area contributed by atoms with Crippen LogP contribution in [0.4, 0.5) is 11.8 Å². The number of anilines is 2. The molecular weight excluding hydrogens is 272 g/mol. The zero-order valence-corrected chi connectivity index (χ0v) is 10.8. The SMILES string of the molecule is COc1cc(Cl)nc(NC(=O)Cn2ccc(N)n2)n1. The van der Waals surface area contributed by atoms with Crippen molar-refractivity contribution in [2.24, 2.45) is 0 Å². The Morgan fingerprint density at radius 2 is 2.37 bits per heavy atom. The highest BCUT2D eigenvalue weighted by molar-refractivity contribution is 6.29. The van der Waals surface area contributed by atoms with Crippen molar-refractivity contribution in [1.29, 1.82) is 0 Å². The van der Waals surface area contributed by atoms with Crippen LogP contribution in [0.3, 0.4) is 0 Å². The molecule has 0 aromatic carbocycles. The molecule has 0 bridgehead atoms. The Labute approximate surface area is 113 Å². The smallest absolute Gasteiger partial charge is 0.248 e. The number of halogens is 1. The summed E-state index contributed by atoms with van der Waals surface area (Å²) in [5, 5.41) is 6.55. The number of carbonyl (C=O) groups is 1. The van der Waals surface area contributed by atoms with Crippen LogP contribution in [-0.4, -0.2) is 32.8 Å². The van der Waals surface area contributed by atoms with Crippen molar-refractivity contribution >= 4 is 29.3 Å². The van der Waals surface area contributed by atoms with Crippen molar-refractivity contribution in [3.8, 4) is 5.88 Å². The first-order valence-corrected chi connectivity index (χ1v) is 5.62. The predicted molar refractivity (Wildman–Crippen MR) is 68.9 cm³/mol. The first-order chi connectivity index (χ1) is 9.06. The van der Waals surface area contributed by atoms with Crippen molar-refractivity contribution in [3.63, 3.8) is 0 Å². The summed E-state index contributed by atoms with van der Waals surface area (Å²) in [6, 6.07) is 3.03. The molecule has 2 aromatic rings. The Kier molecular flexibility index (Phi) is 3.81. The maximum atomic E-state index is 11.7. The minimum absolute atomic E-state index is 0.00457. The van der Waals surface area contributed by atoms with Crippen molar-refractivity contribution in [2.45, 2.75) is 6.54 Å². The number of nitrogens with two attached hydrogens (primary N) is 1. The largest absolute Gasteiger partial charge is 0.481 e. The number of hydrogen-bond donors (Lipinski definition) is 2. The summed E-state index contributed by atoms with van der Waals surface area (Å²) in [6.07, 6.45) is 1.59. The number of nitrogen functional groups attached to an aromatic ring is 1. The lowest BCUT2D eigenvalue weighted by atomic mass is 10.5. The Balaban J connectivity index is 2.04. The van der Waals surface area contributed by atoms with Crippen LogP contribution >= 0.6 is 11.6 Å². The number of nitrogens with zero attached hydrogens (tertiary/aromatic N) is 4. The number of nitrogens with one attached hydrogen (secondary N) is 1. The van der Waals surface area contributed by atoms with Crippen molar-refractivity contribution < 1.29 is 9.53 Å². The maximum Gasteiger partial charge on any atom is 0.248 e. The Bertz CT molecular complexity index is 599. The Hall–Kier alpha value is -2.35. The normalized spacial score (nSPS) is 10.2. The molecule has 0 spiro atoms. The molecule has 3 N–H and O–H groups in total. The summed E-state index contributed by atoms with van der Waals surface area (Å²) in [5.41, 5.74) is 5.44. The van der Waals surface area contributed by atoms with E-state index in [9.17, 15) is 4.79 Å². The summed E-state index contributed by atoms with van der Waals surface area (Å²) in [5.74, 6) is 0.314. The van der Waals surface area contributed by atoms with Gasteiger partial charge in [0.25, 0.3) is 0 Å². The van der Waals surface area contributed by atoms with E-state index in [2.05, 4.69) is 20.4 Å². The van der Waals surface area contributed by atoms with Gasteiger partial charge in [-0.15, -0.1) is 0 Å². The van der Waals surface area contributed by atoms with E-state index in [0.29, 0.717) is 5.82 Å². The van der Waals surface area contributed by atoms with Crippen LogP contribution in [0.25, 0.3) is 0 Å². The van der Waals surface area contributed by atoms with E-state index in [1.165, 1.54) is 17.9 Å². The van der Waals surface area contributed by atoms with E-state index in [1.807, 2.05) is 0 Å². The van der Waals surface area contributed by atoms with Gasteiger partial charge in [0.15, 0.2) is 0 Å².